The number of benzene rings is 2. The zero-order chi connectivity index (χ0) is 10.7. The van der Waals surface area contributed by atoms with Crippen LogP contribution in [0.15, 0.2) is 60.7 Å². The van der Waals surface area contributed by atoms with Gasteiger partial charge in [0.05, 0.1) is 0 Å². The Morgan fingerprint density at radius 1 is 0.733 bits per heavy atom. The fourth-order valence-electron chi connectivity index (χ4n) is 1.55. The molecule has 0 atom stereocenters. The summed E-state index contributed by atoms with van der Waals surface area (Å²) in [6.45, 7) is 0. The predicted octanol–water partition coefficient (Wildman–Crippen LogP) is 1.84. The van der Waals surface area contributed by atoms with Gasteiger partial charge in [-0.2, -0.15) is 0 Å². The molecule has 0 aliphatic carbocycles. The van der Waals surface area contributed by atoms with Gasteiger partial charge in [-0.15, -0.1) is 0 Å². The summed E-state index contributed by atoms with van der Waals surface area (Å²) in [5.41, 5.74) is 5.88. The molecule has 76 valence electrons. The number of nitrogens with two attached hydrogens (primary N) is 1. The molecule has 2 aromatic carbocycles. The van der Waals surface area contributed by atoms with Crippen molar-refractivity contribution in [3.63, 3.8) is 0 Å². The largest absolute Gasteiger partial charge is 0.368 e. The average Bonchev–Trinajstić information content (AvgIpc) is 2.31. The van der Waals surface area contributed by atoms with Crippen molar-refractivity contribution in [1.82, 2.24) is 0 Å². The molecular formula is C13H13NO. The molecule has 0 fully saturated rings. The van der Waals surface area contributed by atoms with Crippen LogP contribution >= 0.6 is 0 Å². The van der Waals surface area contributed by atoms with Crippen molar-refractivity contribution in [2.24, 2.45) is 5.73 Å². The second-order valence-electron chi connectivity index (χ2n) is 3.50. The van der Waals surface area contributed by atoms with Crippen molar-refractivity contribution >= 4 is 0 Å². The van der Waals surface area contributed by atoms with Gasteiger partial charge in [0.25, 0.3) is 0 Å². The maximum Gasteiger partial charge on any atom is 0.166 e. The van der Waals surface area contributed by atoms with Gasteiger partial charge in [-0.05, 0) is 0 Å². The van der Waals surface area contributed by atoms with Crippen LogP contribution in [0, 0.1) is 0 Å². The molecule has 0 bridgehead atoms. The van der Waals surface area contributed by atoms with Crippen LogP contribution in [0.1, 0.15) is 11.1 Å². The lowest BCUT2D eigenvalue weighted by atomic mass is 9.96. The van der Waals surface area contributed by atoms with Crippen LogP contribution in [0.25, 0.3) is 0 Å². The van der Waals surface area contributed by atoms with Gasteiger partial charge in [0.1, 0.15) is 0 Å². The quantitative estimate of drug-likeness (QED) is 0.725. The van der Waals surface area contributed by atoms with Crippen LogP contribution < -0.4 is 5.73 Å². The molecule has 2 aromatic rings. The van der Waals surface area contributed by atoms with E-state index in [9.17, 15) is 5.11 Å². The van der Waals surface area contributed by atoms with Gasteiger partial charge < -0.3 is 5.11 Å². The van der Waals surface area contributed by atoms with E-state index < -0.39 is 5.72 Å². The molecule has 15 heavy (non-hydrogen) atoms. The van der Waals surface area contributed by atoms with E-state index in [0.717, 1.165) is 0 Å². The van der Waals surface area contributed by atoms with Crippen molar-refractivity contribution in [3.05, 3.63) is 71.8 Å². The smallest absolute Gasteiger partial charge is 0.166 e. The van der Waals surface area contributed by atoms with Gasteiger partial charge in [-0.25, -0.2) is 0 Å². The molecule has 0 heterocycles. The third-order valence-electron chi connectivity index (χ3n) is 2.43. The van der Waals surface area contributed by atoms with E-state index in [1.54, 1.807) is 0 Å². The highest BCUT2D eigenvalue weighted by Crippen LogP contribution is 2.23. The predicted molar refractivity (Wildman–Crippen MR) is 60.1 cm³/mol. The molecule has 3 N–H and O–H groups in total. The highest BCUT2D eigenvalue weighted by molar-refractivity contribution is 5.34. The zero-order valence-corrected chi connectivity index (χ0v) is 8.30. The van der Waals surface area contributed by atoms with E-state index in [0.29, 0.717) is 11.1 Å². The molecule has 2 heteroatoms. The molecule has 0 aliphatic heterocycles. The molecule has 0 spiro atoms. The first-order valence-electron chi connectivity index (χ1n) is 4.83. The Hall–Kier alpha value is -1.64. The SMILES string of the molecule is NC(O)(c1ccccc1)c1ccccc1. The van der Waals surface area contributed by atoms with Gasteiger partial charge in [0.2, 0.25) is 0 Å². The maximum atomic E-state index is 10.2. The van der Waals surface area contributed by atoms with Gasteiger partial charge in [0.15, 0.2) is 5.72 Å². The monoisotopic (exact) mass is 199 g/mol. The van der Waals surface area contributed by atoms with Crippen LogP contribution in [0.2, 0.25) is 0 Å². The lowest BCUT2D eigenvalue weighted by Gasteiger charge is -2.24. The van der Waals surface area contributed by atoms with Crippen LogP contribution in [0.5, 0.6) is 0 Å². The lowest BCUT2D eigenvalue weighted by Crippen LogP contribution is -2.37. The summed E-state index contributed by atoms with van der Waals surface area (Å²) in [7, 11) is 0. The highest BCUT2D eigenvalue weighted by Gasteiger charge is 2.25. The summed E-state index contributed by atoms with van der Waals surface area (Å²) in [4.78, 5) is 0. The minimum absolute atomic E-state index is 0.691. The van der Waals surface area contributed by atoms with Gasteiger partial charge in [-0.1, -0.05) is 60.7 Å². The van der Waals surface area contributed by atoms with Crippen molar-refractivity contribution in [3.8, 4) is 0 Å². The number of rotatable bonds is 2. The number of aliphatic hydroxyl groups is 1. The van der Waals surface area contributed by atoms with Crippen molar-refractivity contribution in [2.45, 2.75) is 5.72 Å². The Morgan fingerprint density at radius 3 is 1.40 bits per heavy atom. The second kappa shape index (κ2) is 3.85. The Kier molecular flexibility index (Phi) is 2.54. The molecule has 0 aromatic heterocycles. The maximum absolute atomic E-state index is 10.2. The molecular weight excluding hydrogens is 186 g/mol. The first-order valence-corrected chi connectivity index (χ1v) is 4.83. The lowest BCUT2D eigenvalue weighted by molar-refractivity contribution is 0.0884. The Morgan fingerprint density at radius 2 is 1.07 bits per heavy atom. The minimum atomic E-state index is -1.41. The standard InChI is InChI=1S/C13H13NO/c14-13(15,11-7-3-1-4-8-11)12-9-5-2-6-10-12/h1-10,15H,14H2. The fourth-order valence-corrected chi connectivity index (χ4v) is 1.55. The van der Waals surface area contributed by atoms with E-state index >= 15 is 0 Å². The van der Waals surface area contributed by atoms with E-state index in [1.807, 2.05) is 60.7 Å². The molecule has 0 unspecified atom stereocenters. The second-order valence-corrected chi connectivity index (χ2v) is 3.50. The summed E-state index contributed by atoms with van der Waals surface area (Å²) in [6.07, 6.45) is 0. The number of hydrogen-bond acceptors (Lipinski definition) is 2. The summed E-state index contributed by atoms with van der Waals surface area (Å²) >= 11 is 0. The average molecular weight is 199 g/mol. The first-order chi connectivity index (χ1) is 7.21. The Labute approximate surface area is 89.0 Å². The first kappa shape index (κ1) is 9.90. The van der Waals surface area contributed by atoms with Gasteiger partial charge in [0, 0.05) is 11.1 Å². The fraction of sp³-hybridized carbons (Fsp3) is 0.0769. The Bertz CT molecular complexity index is 381. The van der Waals surface area contributed by atoms with Crippen molar-refractivity contribution in [2.75, 3.05) is 0 Å². The van der Waals surface area contributed by atoms with Gasteiger partial charge in [-0.3, -0.25) is 5.73 Å². The molecule has 0 saturated carbocycles. The third-order valence-corrected chi connectivity index (χ3v) is 2.43. The van der Waals surface area contributed by atoms with E-state index in [1.165, 1.54) is 0 Å². The molecule has 0 aliphatic rings. The highest BCUT2D eigenvalue weighted by atomic mass is 16.3. The van der Waals surface area contributed by atoms with Crippen LogP contribution in [0.3, 0.4) is 0 Å². The normalized spacial score (nSPS) is 11.3. The summed E-state index contributed by atoms with van der Waals surface area (Å²) in [5, 5.41) is 10.2. The van der Waals surface area contributed by atoms with Crippen LogP contribution in [0.4, 0.5) is 0 Å². The van der Waals surface area contributed by atoms with Crippen molar-refractivity contribution in [1.29, 1.82) is 0 Å². The third kappa shape index (κ3) is 1.91. The zero-order valence-electron chi connectivity index (χ0n) is 8.30. The van der Waals surface area contributed by atoms with Crippen LogP contribution in [-0.2, 0) is 5.72 Å². The topological polar surface area (TPSA) is 46.2 Å². The Balaban J connectivity index is 2.44. The summed E-state index contributed by atoms with van der Waals surface area (Å²) in [6, 6.07) is 18.5. The summed E-state index contributed by atoms with van der Waals surface area (Å²) in [5.74, 6) is 0. The van der Waals surface area contributed by atoms with Crippen LogP contribution in [-0.4, -0.2) is 5.11 Å². The van der Waals surface area contributed by atoms with E-state index in [-0.39, 0.29) is 0 Å². The molecule has 0 saturated heterocycles. The van der Waals surface area contributed by atoms with E-state index in [4.69, 9.17) is 5.73 Å². The summed E-state index contributed by atoms with van der Waals surface area (Å²) < 4.78 is 0. The number of hydrogen-bond donors (Lipinski definition) is 2. The van der Waals surface area contributed by atoms with E-state index in [2.05, 4.69) is 0 Å². The van der Waals surface area contributed by atoms with Crippen molar-refractivity contribution < 1.29 is 5.11 Å². The molecule has 0 amide bonds. The van der Waals surface area contributed by atoms with Gasteiger partial charge >= 0.3 is 0 Å². The molecule has 2 rings (SSSR count). The minimum Gasteiger partial charge on any atom is -0.368 e. The molecule has 0 radical (unpaired) electrons. The molecule has 2 nitrogen and oxygen atoms in total.